The predicted octanol–water partition coefficient (Wildman–Crippen LogP) is 2.82. The van der Waals surface area contributed by atoms with Crippen LogP contribution in [-0.2, 0) is 16.3 Å². The van der Waals surface area contributed by atoms with Crippen molar-refractivity contribution >= 4 is 33.6 Å². The van der Waals surface area contributed by atoms with Gasteiger partial charge in [-0.1, -0.05) is 0 Å². The number of hydrogen-bond acceptors (Lipinski definition) is 6. The van der Waals surface area contributed by atoms with Gasteiger partial charge >= 0.3 is 6.18 Å². The summed E-state index contributed by atoms with van der Waals surface area (Å²) in [4.78, 5) is 16.6. The molecule has 30 heavy (non-hydrogen) atoms. The van der Waals surface area contributed by atoms with Crippen molar-refractivity contribution < 1.29 is 35.3 Å². The zero-order valence-electron chi connectivity index (χ0n) is 15.3. The van der Waals surface area contributed by atoms with Gasteiger partial charge < -0.3 is 10.6 Å². The largest absolute Gasteiger partial charge is 0.417 e. The molecule has 2 aromatic rings. The van der Waals surface area contributed by atoms with Crippen molar-refractivity contribution in [2.45, 2.75) is 11.1 Å². The zero-order chi connectivity index (χ0) is 22.5. The summed E-state index contributed by atoms with van der Waals surface area (Å²) in [5.41, 5.74) is 2.61. The second kappa shape index (κ2) is 9.62. The highest BCUT2D eigenvalue weighted by molar-refractivity contribution is 7.99. The van der Waals surface area contributed by atoms with E-state index in [4.69, 9.17) is 10.3 Å². The first-order chi connectivity index (χ1) is 13.9. The molecule has 0 atom stereocenters. The van der Waals surface area contributed by atoms with Crippen molar-refractivity contribution in [3.05, 3.63) is 53.5 Å². The number of amides is 1. The number of pyridine rings is 1. The Kier molecular flexibility index (Phi) is 7.66. The molecule has 0 aliphatic carbocycles. The lowest BCUT2D eigenvalue weighted by Crippen LogP contribution is -2.33. The second-order valence-corrected chi connectivity index (χ2v) is 8.62. The average molecular weight is 467 g/mol. The third-order valence-electron chi connectivity index (χ3n) is 3.91. The molecule has 0 radical (unpaired) electrons. The Morgan fingerprint density at radius 3 is 2.27 bits per heavy atom. The van der Waals surface area contributed by atoms with Gasteiger partial charge in [0.2, 0.25) is 5.91 Å². The number of benzene rings is 1. The Bertz CT molecular complexity index is 993. The van der Waals surface area contributed by atoms with Crippen LogP contribution < -0.4 is 10.6 Å². The average Bonchev–Trinajstić information content (AvgIpc) is 2.68. The Morgan fingerprint density at radius 1 is 1.17 bits per heavy atom. The molecule has 1 aliphatic heterocycles. The summed E-state index contributed by atoms with van der Waals surface area (Å²) in [6.45, 7) is 1.84. The molecule has 7 nitrogen and oxygen atoms in total. The Balaban J connectivity index is 0.000000216. The molecule has 0 saturated carbocycles. The van der Waals surface area contributed by atoms with E-state index in [1.165, 1.54) is 12.3 Å². The number of alkyl halides is 3. The first kappa shape index (κ1) is 23.9. The molecule has 3 rings (SSSR count). The third-order valence-corrected chi connectivity index (χ3v) is 5.69. The third kappa shape index (κ3) is 6.57. The molecule has 0 unspecified atom stereocenters. The smallest absolute Gasteiger partial charge is 0.366 e. The van der Waals surface area contributed by atoms with Gasteiger partial charge in [0.25, 0.3) is 10.1 Å². The lowest BCUT2D eigenvalue weighted by atomic mass is 10.1. The van der Waals surface area contributed by atoms with Crippen LogP contribution in [0.5, 0.6) is 0 Å². The summed E-state index contributed by atoms with van der Waals surface area (Å²) in [6.07, 6.45) is -3.60. The highest BCUT2D eigenvalue weighted by Crippen LogP contribution is 2.32. The van der Waals surface area contributed by atoms with Crippen LogP contribution in [0.1, 0.15) is 15.9 Å². The van der Waals surface area contributed by atoms with Crippen LogP contribution >= 0.6 is 11.8 Å². The van der Waals surface area contributed by atoms with Crippen molar-refractivity contribution in [1.82, 2.24) is 4.98 Å². The molecule has 1 amide bonds. The van der Waals surface area contributed by atoms with E-state index in [1.54, 1.807) is 6.07 Å². The second-order valence-electron chi connectivity index (χ2n) is 5.98. The Hall–Kier alpha value is -2.38. The number of thioether (sulfide) groups is 1. The molecule has 1 aromatic heterocycles. The first-order valence-corrected chi connectivity index (χ1v) is 10.9. The molecule has 1 aromatic carbocycles. The summed E-state index contributed by atoms with van der Waals surface area (Å²) in [6, 6.07) is 4.69. The van der Waals surface area contributed by atoms with Gasteiger partial charge in [-0.15, -0.1) is 0 Å². The van der Waals surface area contributed by atoms with E-state index in [-0.39, 0.29) is 11.0 Å². The standard InChI is InChI=1S/C9H12N2O3S2.C8H5F4NO/c12-16(13,14)8-1-2-9(10-7-8)11-3-5-15-6-4-11;9-4-1-2-5(7(13)14)6(3-4)8(10,11)12/h1-2,7H,3-6H2,(H,12,13,14);1-3H,(H2,13,14). The molecule has 3 N–H and O–H groups in total. The van der Waals surface area contributed by atoms with Crippen LogP contribution in [0.25, 0.3) is 0 Å². The fourth-order valence-electron chi connectivity index (χ4n) is 2.47. The van der Waals surface area contributed by atoms with Crippen molar-refractivity contribution in [2.75, 3.05) is 29.5 Å². The van der Waals surface area contributed by atoms with E-state index in [2.05, 4.69) is 9.88 Å². The number of anilines is 1. The molecule has 164 valence electrons. The zero-order valence-corrected chi connectivity index (χ0v) is 16.9. The van der Waals surface area contributed by atoms with E-state index < -0.39 is 39.1 Å². The van der Waals surface area contributed by atoms with E-state index in [9.17, 15) is 30.8 Å². The minimum atomic E-state index is -4.79. The minimum Gasteiger partial charge on any atom is -0.366 e. The number of rotatable bonds is 3. The van der Waals surface area contributed by atoms with Gasteiger partial charge in [-0.25, -0.2) is 9.37 Å². The summed E-state index contributed by atoms with van der Waals surface area (Å²) < 4.78 is 79.6. The van der Waals surface area contributed by atoms with Crippen LogP contribution in [0.4, 0.5) is 23.4 Å². The number of halogens is 4. The topological polar surface area (TPSA) is 114 Å². The van der Waals surface area contributed by atoms with Gasteiger partial charge in [-0.05, 0) is 30.3 Å². The van der Waals surface area contributed by atoms with Gasteiger partial charge in [0.1, 0.15) is 16.5 Å². The molecule has 0 bridgehead atoms. The number of aromatic nitrogens is 1. The molecule has 1 fully saturated rings. The lowest BCUT2D eigenvalue weighted by molar-refractivity contribution is -0.138. The SMILES string of the molecule is NC(=O)c1ccc(F)cc1C(F)(F)F.O=S(=O)(O)c1ccc(N2CCSCC2)nc1. The number of hydrogen-bond donors (Lipinski definition) is 2. The molecular weight excluding hydrogens is 450 g/mol. The van der Waals surface area contributed by atoms with Crippen molar-refractivity contribution in [3.8, 4) is 0 Å². The molecule has 13 heteroatoms. The van der Waals surface area contributed by atoms with Crippen LogP contribution in [0, 0.1) is 5.82 Å². The summed E-state index contributed by atoms with van der Waals surface area (Å²) in [5, 5.41) is 0. The molecule has 1 aliphatic rings. The fraction of sp³-hybridized carbons (Fsp3) is 0.294. The quantitative estimate of drug-likeness (QED) is 0.527. The van der Waals surface area contributed by atoms with E-state index >= 15 is 0 Å². The van der Waals surface area contributed by atoms with E-state index in [0.29, 0.717) is 6.07 Å². The van der Waals surface area contributed by atoms with Gasteiger partial charge in [-0.2, -0.15) is 33.4 Å². The highest BCUT2D eigenvalue weighted by atomic mass is 32.2. The van der Waals surface area contributed by atoms with Gasteiger partial charge in [0, 0.05) is 24.6 Å². The fourth-order valence-corrected chi connectivity index (χ4v) is 3.80. The number of nitrogens with two attached hydrogens (primary N) is 1. The lowest BCUT2D eigenvalue weighted by Gasteiger charge is -2.27. The van der Waals surface area contributed by atoms with Crippen LogP contribution in [-0.4, -0.2) is 48.5 Å². The monoisotopic (exact) mass is 467 g/mol. The van der Waals surface area contributed by atoms with Crippen LogP contribution in [0.15, 0.2) is 41.4 Å². The minimum absolute atomic E-state index is 0.164. The first-order valence-electron chi connectivity index (χ1n) is 8.32. The maximum absolute atomic E-state index is 12.5. The molecule has 1 saturated heterocycles. The van der Waals surface area contributed by atoms with Crippen molar-refractivity contribution in [2.24, 2.45) is 5.73 Å². The predicted molar refractivity (Wildman–Crippen MR) is 104 cm³/mol. The highest BCUT2D eigenvalue weighted by Gasteiger charge is 2.35. The maximum atomic E-state index is 12.5. The summed E-state index contributed by atoms with van der Waals surface area (Å²) in [7, 11) is -4.14. The number of carbonyl (C=O) groups excluding carboxylic acids is 1. The van der Waals surface area contributed by atoms with Crippen LogP contribution in [0.3, 0.4) is 0 Å². The Labute approximate surface area is 174 Å². The van der Waals surface area contributed by atoms with Gasteiger partial charge in [0.05, 0.1) is 17.3 Å². The van der Waals surface area contributed by atoms with Crippen molar-refractivity contribution in [3.63, 3.8) is 0 Å². The number of nitrogens with zero attached hydrogens (tertiary/aromatic N) is 2. The maximum Gasteiger partial charge on any atom is 0.417 e. The normalized spacial score (nSPS) is 14.6. The molecular formula is C17H17F4N3O4S2. The Morgan fingerprint density at radius 2 is 1.80 bits per heavy atom. The van der Waals surface area contributed by atoms with E-state index in [0.717, 1.165) is 36.5 Å². The summed E-state index contributed by atoms with van der Waals surface area (Å²) >= 11 is 1.90. The number of primary amides is 1. The van der Waals surface area contributed by atoms with Gasteiger partial charge in [-0.3, -0.25) is 9.35 Å². The number of carbonyl (C=O) groups is 1. The van der Waals surface area contributed by atoms with Crippen LogP contribution in [0.2, 0.25) is 0 Å². The van der Waals surface area contributed by atoms with Gasteiger partial charge in [0.15, 0.2) is 0 Å². The van der Waals surface area contributed by atoms with E-state index in [1.807, 2.05) is 11.8 Å². The summed E-state index contributed by atoms with van der Waals surface area (Å²) in [5.74, 6) is 0.566. The molecule has 0 spiro atoms. The molecule has 2 heterocycles. The van der Waals surface area contributed by atoms with Crippen molar-refractivity contribution in [1.29, 1.82) is 0 Å².